The van der Waals surface area contributed by atoms with Crippen LogP contribution in [0.3, 0.4) is 0 Å². The lowest BCUT2D eigenvalue weighted by molar-refractivity contribution is -0.135. The number of carbonyl (C=O) groups excluding carboxylic acids is 1. The van der Waals surface area contributed by atoms with E-state index in [2.05, 4.69) is 29.6 Å². The normalized spacial score (nSPS) is 34.6. The molecule has 1 aromatic carbocycles. The van der Waals surface area contributed by atoms with Crippen molar-refractivity contribution in [2.75, 3.05) is 6.54 Å². The Hall–Kier alpha value is -1.31. The Balaban J connectivity index is 1.91. The second-order valence-electron chi connectivity index (χ2n) is 4.47. The standard InChI is InChI=1S/C12H13NO/c14-11-9-6-12(7-9,8-13-11)10-4-2-1-3-5-10/h1-5,9H,6-8H2,(H,13,14). The first-order valence-corrected chi connectivity index (χ1v) is 5.13. The summed E-state index contributed by atoms with van der Waals surface area (Å²) in [5.41, 5.74) is 1.65. The molecular weight excluding hydrogens is 174 g/mol. The van der Waals surface area contributed by atoms with Crippen LogP contribution in [0.1, 0.15) is 18.4 Å². The molecule has 2 heteroatoms. The number of hydrogen-bond donors (Lipinski definition) is 1. The van der Waals surface area contributed by atoms with Crippen LogP contribution in [-0.4, -0.2) is 12.5 Å². The molecule has 72 valence electrons. The number of piperidine rings is 2. The molecule has 14 heavy (non-hydrogen) atoms. The second kappa shape index (κ2) is 2.59. The third kappa shape index (κ3) is 0.939. The maximum absolute atomic E-state index is 11.3. The molecule has 0 aromatic heterocycles. The van der Waals surface area contributed by atoms with Gasteiger partial charge in [-0.3, -0.25) is 4.79 Å². The van der Waals surface area contributed by atoms with Crippen molar-refractivity contribution in [2.45, 2.75) is 18.3 Å². The van der Waals surface area contributed by atoms with Crippen LogP contribution in [0.4, 0.5) is 0 Å². The van der Waals surface area contributed by atoms with Gasteiger partial charge in [0, 0.05) is 17.9 Å². The minimum absolute atomic E-state index is 0.253. The maximum atomic E-state index is 11.3. The van der Waals surface area contributed by atoms with Crippen LogP contribution in [0, 0.1) is 5.92 Å². The molecular formula is C12H13NO. The molecule has 1 amide bonds. The number of nitrogens with one attached hydrogen (secondary N) is 1. The minimum atomic E-state index is 0.253. The number of benzene rings is 1. The molecule has 3 fully saturated rings. The molecule has 2 heterocycles. The van der Waals surface area contributed by atoms with Gasteiger partial charge in [0.2, 0.25) is 5.91 Å². The highest BCUT2D eigenvalue weighted by Gasteiger charge is 2.52. The molecule has 2 aliphatic heterocycles. The van der Waals surface area contributed by atoms with Crippen LogP contribution in [0.25, 0.3) is 0 Å². The third-order valence-corrected chi connectivity index (χ3v) is 3.63. The number of amides is 1. The van der Waals surface area contributed by atoms with E-state index in [1.165, 1.54) is 5.56 Å². The summed E-state index contributed by atoms with van der Waals surface area (Å²) in [5.74, 6) is 0.534. The highest BCUT2D eigenvalue weighted by molar-refractivity contribution is 5.82. The van der Waals surface area contributed by atoms with Crippen LogP contribution < -0.4 is 5.32 Å². The summed E-state index contributed by atoms with van der Waals surface area (Å²) in [7, 11) is 0. The molecule has 3 aliphatic rings. The topological polar surface area (TPSA) is 29.1 Å². The molecule has 4 rings (SSSR count). The van der Waals surface area contributed by atoms with E-state index < -0.39 is 0 Å². The lowest BCUT2D eigenvalue weighted by Gasteiger charge is -2.52. The number of rotatable bonds is 1. The van der Waals surface area contributed by atoms with Gasteiger partial charge in [-0.05, 0) is 18.4 Å². The Bertz CT molecular complexity index is 360. The average molecular weight is 187 g/mol. The van der Waals surface area contributed by atoms with E-state index in [0.29, 0.717) is 0 Å². The fourth-order valence-corrected chi connectivity index (χ4v) is 2.74. The Morgan fingerprint density at radius 2 is 1.93 bits per heavy atom. The molecule has 2 saturated heterocycles. The lowest BCUT2D eigenvalue weighted by Crippen LogP contribution is -2.60. The summed E-state index contributed by atoms with van der Waals surface area (Å²) < 4.78 is 0. The van der Waals surface area contributed by atoms with E-state index in [1.807, 2.05) is 6.07 Å². The zero-order valence-electron chi connectivity index (χ0n) is 7.99. The van der Waals surface area contributed by atoms with Gasteiger partial charge in [0.15, 0.2) is 0 Å². The van der Waals surface area contributed by atoms with Crippen LogP contribution in [-0.2, 0) is 10.2 Å². The Morgan fingerprint density at radius 1 is 1.21 bits per heavy atom. The number of fused-ring (bicyclic) bond motifs is 2. The van der Waals surface area contributed by atoms with Crippen molar-refractivity contribution >= 4 is 5.91 Å². The van der Waals surface area contributed by atoms with Gasteiger partial charge in [-0.1, -0.05) is 30.3 Å². The van der Waals surface area contributed by atoms with Crippen LogP contribution in [0.2, 0.25) is 0 Å². The maximum Gasteiger partial charge on any atom is 0.223 e. The van der Waals surface area contributed by atoms with E-state index in [9.17, 15) is 4.79 Å². The summed E-state index contributed by atoms with van der Waals surface area (Å²) in [4.78, 5) is 11.3. The molecule has 1 N–H and O–H groups in total. The van der Waals surface area contributed by atoms with Gasteiger partial charge in [-0.25, -0.2) is 0 Å². The monoisotopic (exact) mass is 187 g/mol. The third-order valence-electron chi connectivity index (χ3n) is 3.63. The minimum Gasteiger partial charge on any atom is -0.355 e. The first kappa shape index (κ1) is 8.04. The van der Waals surface area contributed by atoms with E-state index in [1.54, 1.807) is 0 Å². The van der Waals surface area contributed by atoms with E-state index in [0.717, 1.165) is 19.4 Å². The van der Waals surface area contributed by atoms with Crippen molar-refractivity contribution < 1.29 is 4.79 Å². The van der Waals surface area contributed by atoms with E-state index in [-0.39, 0.29) is 17.2 Å². The molecule has 1 aliphatic carbocycles. The van der Waals surface area contributed by atoms with Gasteiger partial charge in [-0.2, -0.15) is 0 Å². The summed E-state index contributed by atoms with van der Waals surface area (Å²) >= 11 is 0. The lowest BCUT2D eigenvalue weighted by atomic mass is 9.56. The van der Waals surface area contributed by atoms with Gasteiger partial charge in [-0.15, -0.1) is 0 Å². The van der Waals surface area contributed by atoms with Crippen LogP contribution in [0.15, 0.2) is 30.3 Å². The summed E-state index contributed by atoms with van der Waals surface area (Å²) in [5, 5.41) is 2.98. The second-order valence-corrected chi connectivity index (χ2v) is 4.47. The van der Waals surface area contributed by atoms with Crippen molar-refractivity contribution in [2.24, 2.45) is 5.92 Å². The zero-order valence-corrected chi connectivity index (χ0v) is 7.99. The van der Waals surface area contributed by atoms with Crippen LogP contribution >= 0.6 is 0 Å². The fourth-order valence-electron chi connectivity index (χ4n) is 2.74. The SMILES string of the molecule is O=C1NCC2(c3ccccc3)CC1C2. The fraction of sp³-hybridized carbons (Fsp3) is 0.417. The van der Waals surface area contributed by atoms with Crippen molar-refractivity contribution in [3.8, 4) is 0 Å². The molecule has 1 saturated carbocycles. The van der Waals surface area contributed by atoms with Gasteiger partial charge in [0.1, 0.15) is 0 Å². The molecule has 0 spiro atoms. The van der Waals surface area contributed by atoms with Crippen molar-refractivity contribution in [1.29, 1.82) is 0 Å². The molecule has 2 nitrogen and oxygen atoms in total. The zero-order chi connectivity index (χ0) is 9.60. The first-order chi connectivity index (χ1) is 6.80. The predicted octanol–water partition coefficient (Wildman–Crippen LogP) is 1.46. The smallest absolute Gasteiger partial charge is 0.223 e. The Morgan fingerprint density at radius 3 is 2.50 bits per heavy atom. The molecule has 0 atom stereocenters. The number of hydrogen-bond acceptors (Lipinski definition) is 1. The highest BCUT2D eigenvalue weighted by Crippen LogP contribution is 2.49. The average Bonchev–Trinajstić information content (AvgIpc) is 2.18. The van der Waals surface area contributed by atoms with Gasteiger partial charge >= 0.3 is 0 Å². The summed E-state index contributed by atoms with van der Waals surface area (Å²) in [6, 6.07) is 10.5. The highest BCUT2D eigenvalue weighted by atomic mass is 16.2. The van der Waals surface area contributed by atoms with Crippen molar-refractivity contribution in [3.05, 3.63) is 35.9 Å². The van der Waals surface area contributed by atoms with E-state index >= 15 is 0 Å². The molecule has 0 unspecified atom stereocenters. The van der Waals surface area contributed by atoms with Crippen molar-refractivity contribution in [3.63, 3.8) is 0 Å². The van der Waals surface area contributed by atoms with Crippen LogP contribution in [0.5, 0.6) is 0 Å². The number of carbonyl (C=O) groups is 1. The quantitative estimate of drug-likeness (QED) is 0.708. The van der Waals surface area contributed by atoms with Gasteiger partial charge in [0.05, 0.1) is 0 Å². The Labute approximate surface area is 83.3 Å². The van der Waals surface area contributed by atoms with E-state index in [4.69, 9.17) is 0 Å². The largest absolute Gasteiger partial charge is 0.355 e. The molecule has 1 aromatic rings. The van der Waals surface area contributed by atoms with Crippen molar-refractivity contribution in [1.82, 2.24) is 5.32 Å². The predicted molar refractivity (Wildman–Crippen MR) is 53.9 cm³/mol. The first-order valence-electron chi connectivity index (χ1n) is 5.13. The molecule has 2 bridgehead atoms. The molecule has 0 radical (unpaired) electrons. The van der Waals surface area contributed by atoms with Gasteiger partial charge < -0.3 is 5.32 Å². The summed E-state index contributed by atoms with van der Waals surface area (Å²) in [6.45, 7) is 0.826. The Kier molecular flexibility index (Phi) is 1.49. The summed E-state index contributed by atoms with van der Waals surface area (Å²) in [6.07, 6.45) is 2.09. The van der Waals surface area contributed by atoms with Gasteiger partial charge in [0.25, 0.3) is 0 Å².